The molecule has 0 bridgehead atoms. The van der Waals surface area contributed by atoms with Gasteiger partial charge in [0.15, 0.2) is 5.60 Å². The molecule has 0 atom stereocenters. The maximum atomic E-state index is 11.7. The quantitative estimate of drug-likeness (QED) is 0.913. The highest BCUT2D eigenvalue weighted by Gasteiger charge is 2.38. The minimum absolute atomic E-state index is 0.142. The molecule has 3 nitrogen and oxygen atoms in total. The molecule has 1 aliphatic heterocycles. The smallest absolute Gasteiger partial charge is 0.172 e. The molecule has 3 rings (SSSR count). The molecule has 2 aromatic rings. The van der Waals surface area contributed by atoms with Crippen LogP contribution in [0, 0.1) is 5.41 Å². The van der Waals surface area contributed by atoms with Crippen molar-refractivity contribution in [1.29, 1.82) is 0 Å². The number of nitrogens with zero attached hydrogens (tertiary/aromatic N) is 1. The fourth-order valence-electron chi connectivity index (χ4n) is 2.99. The number of amidine groups is 1. The normalized spacial score (nSPS) is 17.8. The highest BCUT2D eigenvalue weighted by molar-refractivity contribution is 5.94. The monoisotopic (exact) mass is 308 g/mol. The minimum Gasteiger partial charge on any atom is -0.373 e. The van der Waals surface area contributed by atoms with Crippen LogP contribution in [0.15, 0.2) is 65.7 Å². The third-order valence-corrected chi connectivity index (χ3v) is 4.49. The molecule has 0 spiro atoms. The van der Waals surface area contributed by atoms with E-state index in [9.17, 15) is 5.11 Å². The van der Waals surface area contributed by atoms with Gasteiger partial charge < -0.3 is 10.4 Å². The van der Waals surface area contributed by atoms with Crippen molar-refractivity contribution in [2.45, 2.75) is 25.9 Å². The summed E-state index contributed by atoms with van der Waals surface area (Å²) in [7, 11) is 0. The van der Waals surface area contributed by atoms with Crippen LogP contribution >= 0.6 is 0 Å². The summed E-state index contributed by atoms with van der Waals surface area (Å²) in [6.45, 7) is 5.95. The van der Waals surface area contributed by atoms with Gasteiger partial charge in [-0.05, 0) is 23.0 Å². The number of aliphatic hydroxyl groups is 1. The van der Waals surface area contributed by atoms with Gasteiger partial charge in [0.1, 0.15) is 5.84 Å². The van der Waals surface area contributed by atoms with Crippen molar-refractivity contribution in [3.05, 3.63) is 71.8 Å². The fourth-order valence-corrected chi connectivity index (χ4v) is 2.99. The van der Waals surface area contributed by atoms with Gasteiger partial charge in [-0.2, -0.15) is 0 Å². The van der Waals surface area contributed by atoms with Gasteiger partial charge in [-0.1, -0.05) is 74.5 Å². The van der Waals surface area contributed by atoms with Crippen LogP contribution in [-0.2, 0) is 5.60 Å². The molecule has 23 heavy (non-hydrogen) atoms. The molecule has 3 heteroatoms. The molecular formula is C20H24N2O. The van der Waals surface area contributed by atoms with E-state index in [4.69, 9.17) is 4.99 Å². The molecule has 120 valence electrons. The van der Waals surface area contributed by atoms with Crippen LogP contribution in [-0.4, -0.2) is 24.0 Å². The summed E-state index contributed by atoms with van der Waals surface area (Å²) < 4.78 is 0. The topological polar surface area (TPSA) is 44.6 Å². The second kappa shape index (κ2) is 6.17. The van der Waals surface area contributed by atoms with E-state index in [2.05, 4.69) is 19.2 Å². The van der Waals surface area contributed by atoms with Gasteiger partial charge in [0.2, 0.25) is 0 Å². The van der Waals surface area contributed by atoms with Crippen LogP contribution in [0.4, 0.5) is 0 Å². The molecule has 0 aliphatic carbocycles. The predicted octanol–water partition coefficient (Wildman–Crippen LogP) is 3.34. The van der Waals surface area contributed by atoms with Crippen LogP contribution in [0.25, 0.3) is 0 Å². The van der Waals surface area contributed by atoms with Crippen molar-refractivity contribution in [2.75, 3.05) is 13.1 Å². The van der Waals surface area contributed by atoms with E-state index >= 15 is 0 Å². The minimum atomic E-state index is -1.25. The number of aliphatic imine (C=N–C) groups is 1. The highest BCUT2D eigenvalue weighted by atomic mass is 16.3. The first-order valence-electron chi connectivity index (χ1n) is 8.15. The highest BCUT2D eigenvalue weighted by Crippen LogP contribution is 2.32. The van der Waals surface area contributed by atoms with E-state index in [0.29, 0.717) is 12.4 Å². The summed E-state index contributed by atoms with van der Waals surface area (Å²) in [6.07, 6.45) is 1.03. The Bertz CT molecular complexity index is 638. The number of nitrogens with one attached hydrogen (secondary N) is 1. The molecule has 1 heterocycles. The Kier molecular flexibility index (Phi) is 4.22. The predicted molar refractivity (Wildman–Crippen MR) is 94.6 cm³/mol. The number of benzene rings is 2. The van der Waals surface area contributed by atoms with E-state index < -0.39 is 5.60 Å². The molecule has 0 aromatic heterocycles. The van der Waals surface area contributed by atoms with Gasteiger partial charge in [-0.3, -0.25) is 4.99 Å². The summed E-state index contributed by atoms with van der Waals surface area (Å²) in [5.74, 6) is 0.639. The molecule has 0 amide bonds. The lowest BCUT2D eigenvalue weighted by Crippen LogP contribution is -2.45. The number of hydrogen-bond acceptors (Lipinski definition) is 3. The second-order valence-corrected chi connectivity index (χ2v) is 6.95. The van der Waals surface area contributed by atoms with Gasteiger partial charge in [0, 0.05) is 13.1 Å². The van der Waals surface area contributed by atoms with Crippen molar-refractivity contribution in [2.24, 2.45) is 10.4 Å². The van der Waals surface area contributed by atoms with Crippen LogP contribution < -0.4 is 5.32 Å². The Labute approximate surface area is 138 Å². The van der Waals surface area contributed by atoms with Gasteiger partial charge in [0.25, 0.3) is 0 Å². The summed E-state index contributed by atoms with van der Waals surface area (Å²) in [5, 5.41) is 15.1. The van der Waals surface area contributed by atoms with Crippen LogP contribution in [0.1, 0.15) is 31.4 Å². The molecular weight excluding hydrogens is 284 g/mol. The van der Waals surface area contributed by atoms with Crippen molar-refractivity contribution in [3.63, 3.8) is 0 Å². The average Bonchev–Trinajstić information content (AvgIpc) is 2.77. The first-order chi connectivity index (χ1) is 11.0. The summed E-state index contributed by atoms with van der Waals surface area (Å²) in [4.78, 5) is 4.76. The lowest BCUT2D eigenvalue weighted by atomic mass is 9.85. The molecule has 0 saturated heterocycles. The molecule has 0 radical (unpaired) electrons. The van der Waals surface area contributed by atoms with Gasteiger partial charge in [0.05, 0.1) is 0 Å². The standard InChI is InChI=1S/C20H24N2O/c1-19(2)13-14-21-18(22-15-19)20(23,16-9-5-3-6-10-16)17-11-7-4-8-12-17/h3-12,23H,13-15H2,1-2H3,(H,21,22). The summed E-state index contributed by atoms with van der Waals surface area (Å²) in [6, 6.07) is 19.5. The third-order valence-electron chi connectivity index (χ3n) is 4.49. The fraction of sp³-hybridized carbons (Fsp3) is 0.350. The summed E-state index contributed by atoms with van der Waals surface area (Å²) >= 11 is 0. The number of rotatable bonds is 3. The van der Waals surface area contributed by atoms with E-state index in [1.165, 1.54) is 0 Å². The van der Waals surface area contributed by atoms with E-state index in [1.54, 1.807) is 0 Å². The SMILES string of the molecule is CC1(C)CCNC(C(O)(c2ccccc2)c2ccccc2)=NC1. The molecule has 2 aromatic carbocycles. The van der Waals surface area contributed by atoms with Gasteiger partial charge >= 0.3 is 0 Å². The zero-order valence-electron chi connectivity index (χ0n) is 13.8. The van der Waals surface area contributed by atoms with Crippen LogP contribution in [0.3, 0.4) is 0 Å². The maximum absolute atomic E-state index is 11.7. The Morgan fingerprint density at radius 1 is 0.957 bits per heavy atom. The average molecular weight is 308 g/mol. The second-order valence-electron chi connectivity index (χ2n) is 6.95. The Morgan fingerprint density at radius 3 is 2.00 bits per heavy atom. The first-order valence-corrected chi connectivity index (χ1v) is 8.15. The van der Waals surface area contributed by atoms with Crippen LogP contribution in [0.5, 0.6) is 0 Å². The number of hydrogen-bond donors (Lipinski definition) is 2. The van der Waals surface area contributed by atoms with Gasteiger partial charge in [-0.25, -0.2) is 0 Å². The zero-order valence-corrected chi connectivity index (χ0v) is 13.8. The van der Waals surface area contributed by atoms with E-state index in [1.807, 2.05) is 60.7 Å². The molecule has 0 saturated carbocycles. The van der Waals surface area contributed by atoms with Gasteiger partial charge in [-0.15, -0.1) is 0 Å². The van der Waals surface area contributed by atoms with Crippen molar-refractivity contribution in [1.82, 2.24) is 5.32 Å². The Morgan fingerprint density at radius 2 is 1.48 bits per heavy atom. The largest absolute Gasteiger partial charge is 0.373 e. The molecule has 2 N–H and O–H groups in total. The molecule has 0 unspecified atom stereocenters. The van der Waals surface area contributed by atoms with Crippen molar-refractivity contribution in [3.8, 4) is 0 Å². The Balaban J connectivity index is 2.11. The maximum Gasteiger partial charge on any atom is 0.172 e. The van der Waals surface area contributed by atoms with E-state index in [-0.39, 0.29) is 5.41 Å². The van der Waals surface area contributed by atoms with E-state index in [0.717, 1.165) is 24.1 Å². The first kappa shape index (κ1) is 15.8. The lowest BCUT2D eigenvalue weighted by molar-refractivity contribution is 0.151. The zero-order chi connectivity index (χ0) is 16.3. The Hall–Kier alpha value is -2.13. The van der Waals surface area contributed by atoms with Crippen LogP contribution in [0.2, 0.25) is 0 Å². The van der Waals surface area contributed by atoms with Crippen molar-refractivity contribution < 1.29 is 5.11 Å². The summed E-state index contributed by atoms with van der Waals surface area (Å²) in [5.41, 5.74) is 0.556. The molecule has 0 fully saturated rings. The third kappa shape index (κ3) is 3.15. The molecule has 1 aliphatic rings. The van der Waals surface area contributed by atoms with Crippen molar-refractivity contribution >= 4 is 5.84 Å². The lowest BCUT2D eigenvalue weighted by Gasteiger charge is -2.31.